The van der Waals surface area contributed by atoms with Crippen LogP contribution in [-0.2, 0) is 9.53 Å². The molecule has 1 unspecified atom stereocenters. The average Bonchev–Trinajstić information content (AvgIpc) is 3.20. The number of aryl methyl sites for hydroxylation is 2. The first kappa shape index (κ1) is 16.9. The molecule has 1 aromatic heterocycles. The third-order valence-corrected chi connectivity index (χ3v) is 4.95. The minimum absolute atomic E-state index is 0.0160. The highest BCUT2D eigenvalue weighted by molar-refractivity contribution is 7.15. The van der Waals surface area contributed by atoms with E-state index in [1.807, 2.05) is 26.8 Å². The number of nitrogens with one attached hydrogen (secondary N) is 1. The number of amides is 1. The van der Waals surface area contributed by atoms with Crippen LogP contribution in [0.1, 0.15) is 40.6 Å². The quantitative estimate of drug-likeness (QED) is 0.898. The average molecular weight is 347 g/mol. The SMILES string of the molecule is Cc1cc(C)c(C)c(OCC(=O)Nc2nnc(C3CCCO3)s2)c1. The molecule has 2 heterocycles. The maximum atomic E-state index is 12.1. The number of anilines is 1. The number of ether oxygens (including phenoxy) is 2. The van der Waals surface area contributed by atoms with E-state index in [1.165, 1.54) is 11.3 Å². The Bertz CT molecular complexity index is 739. The fourth-order valence-electron chi connectivity index (χ4n) is 2.64. The van der Waals surface area contributed by atoms with Gasteiger partial charge in [0, 0.05) is 6.61 Å². The van der Waals surface area contributed by atoms with Gasteiger partial charge >= 0.3 is 0 Å². The third kappa shape index (κ3) is 3.91. The van der Waals surface area contributed by atoms with E-state index < -0.39 is 0 Å². The molecule has 0 saturated carbocycles. The fraction of sp³-hybridized carbons (Fsp3) is 0.471. The molecule has 1 aromatic carbocycles. The van der Waals surface area contributed by atoms with Crippen LogP contribution >= 0.6 is 11.3 Å². The van der Waals surface area contributed by atoms with Gasteiger partial charge in [-0.15, -0.1) is 10.2 Å². The number of rotatable bonds is 5. The fourth-order valence-corrected chi connectivity index (χ4v) is 3.48. The molecule has 7 heteroatoms. The molecule has 1 atom stereocenters. The Labute approximate surface area is 145 Å². The van der Waals surface area contributed by atoms with Crippen molar-refractivity contribution in [1.82, 2.24) is 10.2 Å². The van der Waals surface area contributed by atoms with Gasteiger partial charge in [-0.1, -0.05) is 17.4 Å². The number of carbonyl (C=O) groups excluding carboxylic acids is 1. The Hall–Kier alpha value is -1.99. The summed E-state index contributed by atoms with van der Waals surface area (Å²) in [6.45, 7) is 6.73. The molecule has 6 nitrogen and oxygen atoms in total. The number of hydrogen-bond acceptors (Lipinski definition) is 6. The van der Waals surface area contributed by atoms with Crippen molar-refractivity contribution in [2.45, 2.75) is 39.7 Å². The summed E-state index contributed by atoms with van der Waals surface area (Å²) in [5.74, 6) is 0.489. The van der Waals surface area contributed by atoms with Gasteiger partial charge < -0.3 is 9.47 Å². The summed E-state index contributed by atoms with van der Waals surface area (Å²) in [6, 6.07) is 4.03. The summed E-state index contributed by atoms with van der Waals surface area (Å²) >= 11 is 1.35. The number of aromatic nitrogens is 2. The first-order valence-electron chi connectivity index (χ1n) is 7.98. The molecule has 24 heavy (non-hydrogen) atoms. The van der Waals surface area contributed by atoms with Crippen molar-refractivity contribution in [2.24, 2.45) is 0 Å². The number of benzene rings is 1. The Morgan fingerprint density at radius 2 is 2.21 bits per heavy atom. The second-order valence-corrected chi connectivity index (χ2v) is 7.00. The van der Waals surface area contributed by atoms with Gasteiger partial charge in [-0.25, -0.2) is 0 Å². The zero-order chi connectivity index (χ0) is 17.1. The summed E-state index contributed by atoms with van der Waals surface area (Å²) in [6.07, 6.45) is 2.01. The van der Waals surface area contributed by atoms with E-state index in [-0.39, 0.29) is 18.6 Å². The third-order valence-electron chi connectivity index (χ3n) is 4.01. The van der Waals surface area contributed by atoms with E-state index in [9.17, 15) is 4.79 Å². The lowest BCUT2D eigenvalue weighted by molar-refractivity contribution is -0.118. The van der Waals surface area contributed by atoms with Gasteiger partial charge in [0.15, 0.2) is 6.61 Å². The van der Waals surface area contributed by atoms with Crippen LogP contribution in [0.2, 0.25) is 0 Å². The Morgan fingerprint density at radius 3 is 2.96 bits per heavy atom. The molecule has 0 radical (unpaired) electrons. The summed E-state index contributed by atoms with van der Waals surface area (Å²) in [5, 5.41) is 12.1. The van der Waals surface area contributed by atoms with Crippen molar-refractivity contribution in [1.29, 1.82) is 0 Å². The predicted molar refractivity (Wildman–Crippen MR) is 92.6 cm³/mol. The molecule has 0 bridgehead atoms. The highest BCUT2D eigenvalue weighted by atomic mass is 32.1. The van der Waals surface area contributed by atoms with E-state index in [4.69, 9.17) is 9.47 Å². The number of nitrogens with zero attached hydrogens (tertiary/aromatic N) is 2. The van der Waals surface area contributed by atoms with Crippen molar-refractivity contribution in [3.05, 3.63) is 33.8 Å². The number of carbonyl (C=O) groups is 1. The van der Waals surface area contributed by atoms with Crippen molar-refractivity contribution in [2.75, 3.05) is 18.5 Å². The van der Waals surface area contributed by atoms with Gasteiger partial charge in [0.2, 0.25) is 5.13 Å². The van der Waals surface area contributed by atoms with Crippen LogP contribution < -0.4 is 10.1 Å². The molecule has 1 saturated heterocycles. The standard InChI is InChI=1S/C17H21N3O3S/c1-10-7-11(2)12(3)14(8-10)23-9-15(21)18-17-20-19-16(24-17)13-5-4-6-22-13/h7-8,13H,4-6,9H2,1-3H3,(H,18,20,21). The van der Waals surface area contributed by atoms with E-state index >= 15 is 0 Å². The van der Waals surface area contributed by atoms with Crippen LogP contribution in [0.25, 0.3) is 0 Å². The largest absolute Gasteiger partial charge is 0.483 e. The number of hydrogen-bond donors (Lipinski definition) is 1. The second kappa shape index (κ2) is 7.27. The van der Waals surface area contributed by atoms with Crippen molar-refractivity contribution in [3.63, 3.8) is 0 Å². The Morgan fingerprint density at radius 1 is 1.38 bits per heavy atom. The molecule has 0 aliphatic carbocycles. The Kier molecular flexibility index (Phi) is 5.11. The van der Waals surface area contributed by atoms with Gasteiger partial charge in [-0.05, 0) is 56.4 Å². The van der Waals surface area contributed by atoms with Crippen molar-refractivity contribution < 1.29 is 14.3 Å². The molecular weight excluding hydrogens is 326 g/mol. The summed E-state index contributed by atoms with van der Waals surface area (Å²) < 4.78 is 11.2. The molecule has 1 aliphatic heterocycles. The van der Waals surface area contributed by atoms with Gasteiger partial charge in [0.05, 0.1) is 0 Å². The Balaban J connectivity index is 1.56. The normalized spacial score (nSPS) is 17.0. The molecular formula is C17H21N3O3S. The molecule has 1 fully saturated rings. The first-order chi connectivity index (χ1) is 11.5. The molecule has 2 aromatic rings. The topological polar surface area (TPSA) is 73.3 Å². The van der Waals surface area contributed by atoms with Crippen LogP contribution in [0.5, 0.6) is 5.75 Å². The van der Waals surface area contributed by atoms with Crippen molar-refractivity contribution in [3.8, 4) is 5.75 Å². The van der Waals surface area contributed by atoms with E-state index in [2.05, 4.69) is 21.6 Å². The zero-order valence-corrected chi connectivity index (χ0v) is 14.9. The van der Waals surface area contributed by atoms with Crippen LogP contribution in [-0.4, -0.2) is 29.3 Å². The van der Waals surface area contributed by atoms with Crippen molar-refractivity contribution >= 4 is 22.4 Å². The minimum Gasteiger partial charge on any atom is -0.483 e. The van der Waals surface area contributed by atoms with Gasteiger partial charge in [-0.3, -0.25) is 10.1 Å². The van der Waals surface area contributed by atoms with Crippen LogP contribution in [0.3, 0.4) is 0 Å². The summed E-state index contributed by atoms with van der Waals surface area (Å²) in [5.41, 5.74) is 3.31. The van der Waals surface area contributed by atoms with E-state index in [0.717, 1.165) is 46.9 Å². The van der Waals surface area contributed by atoms with Crippen LogP contribution in [0.15, 0.2) is 12.1 Å². The first-order valence-corrected chi connectivity index (χ1v) is 8.80. The van der Waals surface area contributed by atoms with Gasteiger partial charge in [0.25, 0.3) is 5.91 Å². The highest BCUT2D eigenvalue weighted by Gasteiger charge is 2.22. The molecule has 3 rings (SSSR count). The lowest BCUT2D eigenvalue weighted by Gasteiger charge is -2.11. The molecule has 1 aliphatic rings. The minimum atomic E-state index is -0.247. The zero-order valence-electron chi connectivity index (χ0n) is 14.1. The predicted octanol–water partition coefficient (Wildman–Crippen LogP) is 3.33. The molecule has 0 spiro atoms. The van der Waals surface area contributed by atoms with Crippen LogP contribution in [0, 0.1) is 20.8 Å². The smallest absolute Gasteiger partial charge is 0.264 e. The molecule has 1 amide bonds. The molecule has 128 valence electrons. The van der Waals surface area contributed by atoms with E-state index in [1.54, 1.807) is 0 Å². The maximum absolute atomic E-state index is 12.1. The monoisotopic (exact) mass is 347 g/mol. The lowest BCUT2D eigenvalue weighted by Crippen LogP contribution is -2.20. The highest BCUT2D eigenvalue weighted by Crippen LogP contribution is 2.31. The lowest BCUT2D eigenvalue weighted by atomic mass is 10.1. The summed E-state index contributed by atoms with van der Waals surface area (Å²) in [4.78, 5) is 12.1. The summed E-state index contributed by atoms with van der Waals surface area (Å²) in [7, 11) is 0. The maximum Gasteiger partial charge on any atom is 0.264 e. The van der Waals surface area contributed by atoms with Crippen LogP contribution in [0.4, 0.5) is 5.13 Å². The van der Waals surface area contributed by atoms with Gasteiger partial charge in [-0.2, -0.15) is 0 Å². The molecule has 1 N–H and O–H groups in total. The second-order valence-electron chi connectivity index (χ2n) is 5.99. The van der Waals surface area contributed by atoms with Gasteiger partial charge in [0.1, 0.15) is 16.9 Å². The van der Waals surface area contributed by atoms with E-state index in [0.29, 0.717) is 5.13 Å².